The van der Waals surface area contributed by atoms with Crippen LogP contribution < -0.4 is 5.32 Å². The van der Waals surface area contributed by atoms with E-state index in [1.165, 1.54) is 17.0 Å². The summed E-state index contributed by atoms with van der Waals surface area (Å²) in [5, 5.41) is 3.62. The summed E-state index contributed by atoms with van der Waals surface area (Å²) in [5.41, 5.74) is -1.41. The Hall–Kier alpha value is -2.73. The van der Waals surface area contributed by atoms with Crippen molar-refractivity contribution in [2.24, 2.45) is 0 Å². The largest absolute Gasteiger partial charge is 0.451 e. The van der Waals surface area contributed by atoms with Crippen LogP contribution in [-0.4, -0.2) is 59.2 Å². The van der Waals surface area contributed by atoms with Crippen LogP contribution >= 0.6 is 0 Å². The molecule has 1 aromatic heterocycles. The molecule has 1 N–H and O–H groups in total. The highest BCUT2D eigenvalue weighted by atomic mass is 19.4. The Morgan fingerprint density at radius 2 is 1.71 bits per heavy atom. The molecule has 1 aliphatic carbocycles. The zero-order valence-electron chi connectivity index (χ0n) is 20.9. The SMILES string of the molecule is CO[C@@H]1CCCC[C@@H]1NC1CCN(C(=O)c2cc(Cc3cccc(C(F)(F)F)c3)nc(C(F)(F)F)n2)CC1. The molecule has 2 atom stereocenters. The number of piperidine rings is 1. The molecule has 2 aliphatic rings. The molecule has 208 valence electrons. The molecule has 2 heterocycles. The Labute approximate surface area is 216 Å². The topological polar surface area (TPSA) is 67.3 Å². The lowest BCUT2D eigenvalue weighted by atomic mass is 9.91. The molecule has 1 saturated carbocycles. The number of hydrogen-bond donors (Lipinski definition) is 1. The molecule has 1 saturated heterocycles. The molecule has 1 aromatic carbocycles. The smallest absolute Gasteiger partial charge is 0.380 e. The number of carbonyl (C=O) groups excluding carboxylic acids is 1. The van der Waals surface area contributed by atoms with Gasteiger partial charge in [-0.3, -0.25) is 4.79 Å². The number of ether oxygens (including phenoxy) is 1. The van der Waals surface area contributed by atoms with Gasteiger partial charge in [0.1, 0.15) is 5.69 Å². The van der Waals surface area contributed by atoms with Crippen molar-refractivity contribution < 1.29 is 35.9 Å². The molecule has 6 nitrogen and oxygen atoms in total. The number of alkyl halides is 6. The van der Waals surface area contributed by atoms with E-state index in [4.69, 9.17) is 4.74 Å². The number of amides is 1. The van der Waals surface area contributed by atoms with E-state index >= 15 is 0 Å². The highest BCUT2D eigenvalue weighted by Gasteiger charge is 2.37. The summed E-state index contributed by atoms with van der Waals surface area (Å²) in [6, 6.07) is 5.80. The maximum atomic E-state index is 13.5. The molecule has 2 aromatic rings. The lowest BCUT2D eigenvalue weighted by Crippen LogP contribution is -2.52. The van der Waals surface area contributed by atoms with Crippen LogP contribution in [0.1, 0.15) is 71.7 Å². The van der Waals surface area contributed by atoms with E-state index in [-0.39, 0.29) is 35.9 Å². The number of likely N-dealkylation sites (tertiary alicyclic amines) is 1. The van der Waals surface area contributed by atoms with Gasteiger partial charge in [0, 0.05) is 44.4 Å². The second-order valence-electron chi connectivity index (χ2n) is 9.84. The molecule has 4 rings (SSSR count). The van der Waals surface area contributed by atoms with Gasteiger partial charge in [-0.05, 0) is 43.4 Å². The van der Waals surface area contributed by atoms with E-state index in [2.05, 4.69) is 15.3 Å². The Morgan fingerprint density at radius 1 is 1.00 bits per heavy atom. The first kappa shape index (κ1) is 28.3. The van der Waals surface area contributed by atoms with E-state index in [9.17, 15) is 31.1 Å². The van der Waals surface area contributed by atoms with Crippen molar-refractivity contribution in [2.45, 2.75) is 75.5 Å². The molecule has 0 spiro atoms. The molecule has 0 radical (unpaired) electrons. The number of benzene rings is 1. The van der Waals surface area contributed by atoms with Crippen molar-refractivity contribution in [1.82, 2.24) is 20.2 Å². The second kappa shape index (κ2) is 11.6. The highest BCUT2D eigenvalue weighted by Crippen LogP contribution is 2.31. The quantitative estimate of drug-likeness (QED) is 0.503. The van der Waals surface area contributed by atoms with E-state index in [0.717, 1.165) is 43.9 Å². The Morgan fingerprint density at radius 3 is 2.37 bits per heavy atom. The van der Waals surface area contributed by atoms with Crippen LogP contribution in [0, 0.1) is 0 Å². The number of hydrogen-bond acceptors (Lipinski definition) is 5. The fourth-order valence-corrected chi connectivity index (χ4v) is 5.17. The minimum Gasteiger partial charge on any atom is -0.380 e. The predicted octanol–water partition coefficient (Wildman–Crippen LogP) is 5.26. The molecular formula is C26H30F6N4O2. The molecule has 38 heavy (non-hydrogen) atoms. The average Bonchev–Trinajstić information content (AvgIpc) is 2.88. The molecular weight excluding hydrogens is 514 g/mol. The zero-order chi connectivity index (χ0) is 27.5. The summed E-state index contributed by atoms with van der Waals surface area (Å²) in [4.78, 5) is 21.6. The third-order valence-electron chi connectivity index (χ3n) is 7.13. The first-order valence-corrected chi connectivity index (χ1v) is 12.6. The van der Waals surface area contributed by atoms with Crippen LogP contribution in [0.25, 0.3) is 0 Å². The van der Waals surface area contributed by atoms with Gasteiger partial charge < -0.3 is 15.0 Å². The van der Waals surface area contributed by atoms with Crippen LogP contribution in [-0.2, 0) is 23.5 Å². The number of carbonyl (C=O) groups is 1. The first-order chi connectivity index (χ1) is 17.9. The summed E-state index contributed by atoms with van der Waals surface area (Å²) in [5.74, 6) is -2.15. The van der Waals surface area contributed by atoms with Gasteiger partial charge in [0.05, 0.1) is 11.7 Å². The Balaban J connectivity index is 1.47. The van der Waals surface area contributed by atoms with Gasteiger partial charge in [0.2, 0.25) is 5.82 Å². The summed E-state index contributed by atoms with van der Waals surface area (Å²) in [7, 11) is 1.70. The van der Waals surface area contributed by atoms with Gasteiger partial charge >= 0.3 is 12.4 Å². The van der Waals surface area contributed by atoms with Gasteiger partial charge in [0.25, 0.3) is 5.91 Å². The van der Waals surface area contributed by atoms with Gasteiger partial charge in [0.15, 0.2) is 0 Å². The number of nitrogens with one attached hydrogen (secondary N) is 1. The molecule has 1 aliphatic heterocycles. The number of methoxy groups -OCH3 is 1. The fourth-order valence-electron chi connectivity index (χ4n) is 5.17. The lowest BCUT2D eigenvalue weighted by molar-refractivity contribution is -0.145. The normalized spacial score (nSPS) is 21.5. The maximum Gasteiger partial charge on any atom is 0.451 e. The lowest BCUT2D eigenvalue weighted by Gasteiger charge is -2.38. The Bertz CT molecular complexity index is 1120. The zero-order valence-corrected chi connectivity index (χ0v) is 20.9. The van der Waals surface area contributed by atoms with Crippen LogP contribution in [0.2, 0.25) is 0 Å². The highest BCUT2D eigenvalue weighted by molar-refractivity contribution is 5.92. The number of rotatable bonds is 6. The van der Waals surface area contributed by atoms with Gasteiger partial charge in [-0.15, -0.1) is 0 Å². The van der Waals surface area contributed by atoms with E-state index in [1.54, 1.807) is 7.11 Å². The van der Waals surface area contributed by atoms with Crippen LogP contribution in [0.5, 0.6) is 0 Å². The average molecular weight is 545 g/mol. The van der Waals surface area contributed by atoms with Crippen molar-refractivity contribution in [1.29, 1.82) is 0 Å². The van der Waals surface area contributed by atoms with Crippen molar-refractivity contribution in [3.8, 4) is 0 Å². The number of aromatic nitrogens is 2. The summed E-state index contributed by atoms with van der Waals surface area (Å²) in [6.45, 7) is 0.685. The van der Waals surface area contributed by atoms with E-state index in [0.29, 0.717) is 25.9 Å². The third kappa shape index (κ3) is 7.02. The van der Waals surface area contributed by atoms with Crippen molar-refractivity contribution >= 4 is 5.91 Å². The molecule has 1 amide bonds. The number of halogens is 6. The summed E-state index contributed by atoms with van der Waals surface area (Å²) < 4.78 is 85.4. The number of nitrogens with zero attached hydrogens (tertiary/aromatic N) is 3. The van der Waals surface area contributed by atoms with Gasteiger partial charge in [-0.25, -0.2) is 9.97 Å². The first-order valence-electron chi connectivity index (χ1n) is 12.6. The predicted molar refractivity (Wildman–Crippen MR) is 126 cm³/mol. The monoisotopic (exact) mass is 544 g/mol. The van der Waals surface area contributed by atoms with Crippen LogP contribution in [0.15, 0.2) is 30.3 Å². The fraction of sp³-hybridized carbons (Fsp3) is 0.577. The van der Waals surface area contributed by atoms with Gasteiger partial charge in [-0.1, -0.05) is 31.0 Å². The molecule has 0 bridgehead atoms. The standard InChI is InChI=1S/C26H30F6N4O2/c1-38-22-8-3-2-7-20(22)33-18-9-11-36(12-10-18)23(37)21-15-19(34-24(35-21)26(30,31)32)14-16-5-4-6-17(13-16)25(27,28)29/h4-6,13,15,18,20,22,33H,2-3,7-12,14H2,1H3/t20-,22+/m0/s1. The molecule has 0 unspecified atom stereocenters. The molecule has 2 fully saturated rings. The third-order valence-corrected chi connectivity index (χ3v) is 7.13. The van der Waals surface area contributed by atoms with Crippen molar-refractivity contribution in [3.05, 3.63) is 58.7 Å². The van der Waals surface area contributed by atoms with E-state index in [1.807, 2.05) is 0 Å². The van der Waals surface area contributed by atoms with Gasteiger partial charge in [-0.2, -0.15) is 26.3 Å². The minimum atomic E-state index is -4.92. The van der Waals surface area contributed by atoms with Crippen LogP contribution in [0.4, 0.5) is 26.3 Å². The van der Waals surface area contributed by atoms with Crippen LogP contribution in [0.3, 0.4) is 0 Å². The Kier molecular flexibility index (Phi) is 8.61. The minimum absolute atomic E-state index is 0.119. The van der Waals surface area contributed by atoms with Crippen molar-refractivity contribution in [3.63, 3.8) is 0 Å². The van der Waals surface area contributed by atoms with Crippen molar-refractivity contribution in [2.75, 3.05) is 20.2 Å². The maximum absolute atomic E-state index is 13.5. The summed E-state index contributed by atoms with van der Waals surface area (Å²) in [6.07, 6.45) is -4.19. The second-order valence-corrected chi connectivity index (χ2v) is 9.84. The molecule has 12 heteroatoms. The summed E-state index contributed by atoms with van der Waals surface area (Å²) >= 11 is 0. The van der Waals surface area contributed by atoms with E-state index < -0.39 is 35.3 Å².